The largest absolute Gasteiger partial charge is 0.393 e. The highest BCUT2D eigenvalue weighted by Crippen LogP contribution is 2.67. The van der Waals surface area contributed by atoms with E-state index in [1.54, 1.807) is 5.57 Å². The molecule has 0 saturated heterocycles. The number of hydrogen-bond acceptors (Lipinski definition) is 3. The highest BCUT2D eigenvalue weighted by molar-refractivity contribution is 5.87. The zero-order valence-corrected chi connectivity index (χ0v) is 20.5. The number of aliphatic hydroxyl groups excluding tert-OH is 1. The Morgan fingerprint density at radius 3 is 2.52 bits per heavy atom. The van der Waals surface area contributed by atoms with Gasteiger partial charge < -0.3 is 10.2 Å². The van der Waals surface area contributed by atoms with E-state index in [-0.39, 0.29) is 6.10 Å². The van der Waals surface area contributed by atoms with E-state index >= 15 is 0 Å². The molecule has 174 valence electrons. The van der Waals surface area contributed by atoms with Crippen LogP contribution in [-0.2, 0) is 0 Å². The van der Waals surface area contributed by atoms with Crippen molar-refractivity contribution in [1.82, 2.24) is 0 Å². The summed E-state index contributed by atoms with van der Waals surface area (Å²) in [5.41, 5.74) is 3.11. The van der Waals surface area contributed by atoms with Crippen molar-refractivity contribution in [3.63, 3.8) is 0 Å². The molecule has 4 unspecified atom stereocenters. The second kappa shape index (κ2) is 7.42. The molecular formula is C28H45NO2. The Morgan fingerprint density at radius 2 is 1.81 bits per heavy atom. The Bertz CT molecular complexity index is 784. The zero-order chi connectivity index (χ0) is 22.2. The van der Waals surface area contributed by atoms with Crippen molar-refractivity contribution in [2.24, 2.45) is 51.3 Å². The number of allylic oxidation sites excluding steroid dienone is 1. The Morgan fingerprint density at radius 1 is 1.03 bits per heavy atom. The zero-order valence-electron chi connectivity index (χ0n) is 20.5. The Hall–Kier alpha value is -0.670. The van der Waals surface area contributed by atoms with Crippen molar-refractivity contribution in [2.45, 2.75) is 104 Å². The van der Waals surface area contributed by atoms with Gasteiger partial charge >= 0.3 is 0 Å². The molecule has 0 amide bonds. The van der Waals surface area contributed by atoms with Crippen LogP contribution in [0.2, 0.25) is 0 Å². The van der Waals surface area contributed by atoms with Crippen LogP contribution in [0, 0.1) is 46.3 Å². The first kappa shape index (κ1) is 22.1. The molecule has 3 fully saturated rings. The summed E-state index contributed by atoms with van der Waals surface area (Å²) in [4.78, 5) is 4.89. The van der Waals surface area contributed by atoms with E-state index in [0.29, 0.717) is 29.2 Å². The maximum absolute atomic E-state index is 10.5. The highest BCUT2D eigenvalue weighted by Gasteiger charge is 2.60. The van der Waals surface area contributed by atoms with E-state index < -0.39 is 5.60 Å². The average Bonchev–Trinajstić information content (AvgIpc) is 3.08. The van der Waals surface area contributed by atoms with Crippen molar-refractivity contribution < 1.29 is 10.2 Å². The minimum absolute atomic E-state index is 0.140. The number of nitrogens with zero attached hydrogens (tertiary/aromatic N) is 1. The minimum Gasteiger partial charge on any atom is -0.393 e. The quantitative estimate of drug-likeness (QED) is 0.548. The normalized spacial score (nSPS) is 53.0. The lowest BCUT2D eigenvalue weighted by atomic mass is 9.46. The van der Waals surface area contributed by atoms with Crippen LogP contribution in [-0.4, -0.2) is 34.2 Å². The van der Waals surface area contributed by atoms with Crippen LogP contribution < -0.4 is 0 Å². The number of fused-ring (bicyclic) bond motifs is 5. The molecule has 0 spiro atoms. The number of aliphatic imine (C=N–C) groups is 1. The van der Waals surface area contributed by atoms with Gasteiger partial charge in [0.2, 0.25) is 0 Å². The molecule has 10 atom stereocenters. The van der Waals surface area contributed by atoms with Crippen molar-refractivity contribution in [3.8, 4) is 0 Å². The predicted octanol–water partition coefficient (Wildman–Crippen LogP) is 5.79. The summed E-state index contributed by atoms with van der Waals surface area (Å²) >= 11 is 0. The van der Waals surface area contributed by atoms with Crippen LogP contribution in [0.15, 0.2) is 16.6 Å². The van der Waals surface area contributed by atoms with Gasteiger partial charge in [-0.3, -0.25) is 4.99 Å². The first-order valence-corrected chi connectivity index (χ1v) is 13.2. The molecule has 0 aromatic carbocycles. The summed E-state index contributed by atoms with van der Waals surface area (Å²) in [6, 6.07) is 0. The van der Waals surface area contributed by atoms with E-state index in [1.807, 2.05) is 6.92 Å². The van der Waals surface area contributed by atoms with Gasteiger partial charge in [0.1, 0.15) is 0 Å². The fourth-order valence-electron chi connectivity index (χ4n) is 9.35. The van der Waals surface area contributed by atoms with Crippen molar-refractivity contribution in [2.75, 3.05) is 6.54 Å². The topological polar surface area (TPSA) is 52.8 Å². The van der Waals surface area contributed by atoms with E-state index in [4.69, 9.17) is 4.99 Å². The van der Waals surface area contributed by atoms with Crippen LogP contribution in [0.5, 0.6) is 0 Å². The molecule has 1 heterocycles. The molecule has 2 N–H and O–H groups in total. The van der Waals surface area contributed by atoms with E-state index in [9.17, 15) is 10.2 Å². The van der Waals surface area contributed by atoms with Gasteiger partial charge in [-0.2, -0.15) is 0 Å². The average molecular weight is 428 g/mol. The lowest BCUT2D eigenvalue weighted by molar-refractivity contribution is -0.0610. The molecule has 0 aromatic rings. The number of hydrogen-bond donors (Lipinski definition) is 2. The number of aliphatic hydroxyl groups is 2. The summed E-state index contributed by atoms with van der Waals surface area (Å²) in [7, 11) is 0. The molecule has 0 bridgehead atoms. The van der Waals surface area contributed by atoms with Gasteiger partial charge in [0.25, 0.3) is 0 Å². The third-order valence-electron chi connectivity index (χ3n) is 11.3. The van der Waals surface area contributed by atoms with Crippen LogP contribution in [0.4, 0.5) is 0 Å². The molecule has 31 heavy (non-hydrogen) atoms. The van der Waals surface area contributed by atoms with E-state index in [2.05, 4.69) is 33.8 Å². The fraction of sp³-hybridized carbons (Fsp3) is 0.893. The van der Waals surface area contributed by atoms with Crippen LogP contribution in [0.1, 0.15) is 92.4 Å². The fourth-order valence-corrected chi connectivity index (χ4v) is 9.35. The van der Waals surface area contributed by atoms with Crippen molar-refractivity contribution in [1.29, 1.82) is 0 Å². The maximum Gasteiger partial charge on any atom is 0.0817 e. The first-order chi connectivity index (χ1) is 14.6. The molecule has 3 nitrogen and oxygen atoms in total. The van der Waals surface area contributed by atoms with Crippen LogP contribution >= 0.6 is 0 Å². The van der Waals surface area contributed by atoms with Gasteiger partial charge in [-0.1, -0.05) is 39.3 Å². The summed E-state index contributed by atoms with van der Waals surface area (Å²) in [5.74, 6) is 4.09. The standard InChI is InChI=1S/C28H45NO2/c1-17(24-11-13-26(3,31)16-29-24)20-8-9-22-19-6-7-21-18(2)25(30)12-15-28(21,5)23(19)10-14-27(20,22)4/h7,17-20,22-23,25,30-31H,6,8-16H2,1-5H3/t17-,18+,19?,20?,22?,23?,25-,26+,27+,28-/m0/s1. The molecule has 3 saturated carbocycles. The lowest BCUT2D eigenvalue weighted by Crippen LogP contribution is -2.52. The Labute approximate surface area is 189 Å². The molecule has 5 rings (SSSR count). The van der Waals surface area contributed by atoms with Gasteiger partial charge in [0, 0.05) is 11.6 Å². The molecule has 1 aliphatic heterocycles. The summed E-state index contributed by atoms with van der Waals surface area (Å²) in [6.07, 6.45) is 13.1. The third-order valence-corrected chi connectivity index (χ3v) is 11.3. The van der Waals surface area contributed by atoms with E-state index in [0.717, 1.165) is 42.9 Å². The SMILES string of the molecule is C[C@H](C1=NC[C@](C)(O)CC1)C1CCC2C3CC=C4[C@@H](C)[C@@H](O)CC[C@]4(C)C3CC[C@@]21C. The summed E-state index contributed by atoms with van der Waals surface area (Å²) < 4.78 is 0. The summed E-state index contributed by atoms with van der Waals surface area (Å²) in [5, 5.41) is 20.8. The van der Waals surface area contributed by atoms with Gasteiger partial charge in [0.05, 0.1) is 18.2 Å². The molecular weight excluding hydrogens is 382 g/mol. The van der Waals surface area contributed by atoms with Crippen molar-refractivity contribution >= 4 is 5.71 Å². The first-order valence-electron chi connectivity index (χ1n) is 13.2. The smallest absolute Gasteiger partial charge is 0.0817 e. The number of rotatable bonds is 2. The Kier molecular flexibility index (Phi) is 5.30. The lowest BCUT2D eigenvalue weighted by Gasteiger charge is -2.59. The molecule has 4 aliphatic carbocycles. The third kappa shape index (κ3) is 3.31. The van der Waals surface area contributed by atoms with Gasteiger partial charge in [-0.25, -0.2) is 0 Å². The Balaban J connectivity index is 1.39. The summed E-state index contributed by atoms with van der Waals surface area (Å²) in [6.45, 7) is 12.4. The highest BCUT2D eigenvalue weighted by atomic mass is 16.3. The molecule has 3 heteroatoms. The molecule has 0 aromatic heterocycles. The monoisotopic (exact) mass is 427 g/mol. The van der Waals surface area contributed by atoms with E-state index in [1.165, 1.54) is 44.2 Å². The molecule has 0 radical (unpaired) electrons. The van der Waals surface area contributed by atoms with Crippen molar-refractivity contribution in [3.05, 3.63) is 11.6 Å². The van der Waals surface area contributed by atoms with Crippen LogP contribution in [0.25, 0.3) is 0 Å². The molecule has 5 aliphatic rings. The predicted molar refractivity (Wildman–Crippen MR) is 127 cm³/mol. The second-order valence-electron chi connectivity index (χ2n) is 12.9. The van der Waals surface area contributed by atoms with Gasteiger partial charge in [0.15, 0.2) is 0 Å². The van der Waals surface area contributed by atoms with Gasteiger partial charge in [-0.15, -0.1) is 0 Å². The van der Waals surface area contributed by atoms with Crippen LogP contribution in [0.3, 0.4) is 0 Å². The van der Waals surface area contributed by atoms with Gasteiger partial charge in [-0.05, 0) is 105 Å². The minimum atomic E-state index is -0.602. The maximum atomic E-state index is 10.5. The second-order valence-corrected chi connectivity index (χ2v) is 12.9.